The maximum atomic E-state index is 4.26. The molecular weight excluding hydrogens is 252 g/mol. The van der Waals surface area contributed by atoms with Crippen LogP contribution in [-0.4, -0.2) is 14.8 Å². The van der Waals surface area contributed by atoms with Crippen molar-refractivity contribution in [1.29, 1.82) is 0 Å². The lowest BCUT2D eigenvalue weighted by Gasteiger charge is -1.99. The zero-order chi connectivity index (χ0) is 11.5. The number of rotatable bonds is 4. The van der Waals surface area contributed by atoms with E-state index in [1.54, 1.807) is 33.6 Å². The zero-order valence-electron chi connectivity index (χ0n) is 8.91. The van der Waals surface area contributed by atoms with Gasteiger partial charge in [0.25, 0.3) is 0 Å². The molecule has 0 aliphatic rings. The maximum Gasteiger partial charge on any atom is 0.210 e. The third-order valence-corrected chi connectivity index (χ3v) is 3.88. The normalized spacial score (nSPS) is 10.6. The van der Waals surface area contributed by atoms with E-state index >= 15 is 0 Å². The van der Waals surface area contributed by atoms with E-state index in [4.69, 9.17) is 0 Å². The highest BCUT2D eigenvalue weighted by Gasteiger charge is 2.02. The van der Waals surface area contributed by atoms with Crippen molar-refractivity contribution in [1.82, 2.24) is 14.8 Å². The lowest BCUT2D eigenvalue weighted by molar-refractivity contribution is 0.869. The third-order valence-electron chi connectivity index (χ3n) is 2.24. The molecule has 0 aromatic carbocycles. The summed E-state index contributed by atoms with van der Waals surface area (Å²) in [5, 5.41) is 12.5. The van der Waals surface area contributed by atoms with Gasteiger partial charge in [-0.1, -0.05) is 6.07 Å². The molecule has 0 aliphatic carbocycles. The molecule has 0 saturated heterocycles. The Morgan fingerprint density at radius 3 is 3.06 bits per heavy atom. The van der Waals surface area contributed by atoms with Crippen LogP contribution in [0.4, 0.5) is 5.69 Å². The molecule has 0 radical (unpaired) electrons. The molecule has 1 N–H and O–H groups in total. The van der Waals surface area contributed by atoms with Crippen molar-refractivity contribution in [2.75, 3.05) is 5.32 Å². The fourth-order valence-corrected chi connectivity index (χ4v) is 2.67. The second kappa shape index (κ2) is 4.68. The Kier molecular flexibility index (Phi) is 2.89. The van der Waals surface area contributed by atoms with Gasteiger partial charge in [0.1, 0.15) is 0 Å². The van der Waals surface area contributed by atoms with Crippen molar-refractivity contribution >= 4 is 28.4 Å². The Morgan fingerprint density at radius 2 is 2.29 bits per heavy atom. The molecule has 17 heavy (non-hydrogen) atoms. The molecule has 3 rings (SSSR count). The highest BCUT2D eigenvalue weighted by molar-refractivity contribution is 7.12. The lowest BCUT2D eigenvalue weighted by atomic mass is 10.4. The Morgan fingerprint density at radius 1 is 1.29 bits per heavy atom. The number of thiazole rings is 1. The Balaban J connectivity index is 1.69. The van der Waals surface area contributed by atoms with Crippen molar-refractivity contribution in [2.45, 2.75) is 6.54 Å². The van der Waals surface area contributed by atoms with Gasteiger partial charge < -0.3 is 5.32 Å². The molecule has 3 aromatic rings. The average Bonchev–Trinajstić information content (AvgIpc) is 3.09. The summed E-state index contributed by atoms with van der Waals surface area (Å²) in [5.74, 6) is 0. The van der Waals surface area contributed by atoms with Gasteiger partial charge in [0.15, 0.2) is 0 Å². The largest absolute Gasteiger partial charge is 0.378 e. The fraction of sp³-hybridized carbons (Fsp3) is 0.0909. The SMILES string of the molecule is c1csc(CNc2cnn(-c3nccs3)c2)c1. The average molecular weight is 262 g/mol. The van der Waals surface area contributed by atoms with Crippen LogP contribution < -0.4 is 5.32 Å². The standard InChI is InChI=1S/C11H10N4S2/c1-2-10(16-4-1)7-13-9-6-14-15(8-9)11-12-3-5-17-11/h1-6,8,13H,7H2. The molecule has 3 heterocycles. The molecule has 0 saturated carbocycles. The lowest BCUT2D eigenvalue weighted by Crippen LogP contribution is -1.96. The Labute approximate surface area is 107 Å². The molecule has 0 unspecified atom stereocenters. The van der Waals surface area contributed by atoms with Gasteiger partial charge in [-0.2, -0.15) is 5.10 Å². The van der Waals surface area contributed by atoms with Crippen molar-refractivity contribution in [3.05, 3.63) is 46.4 Å². The van der Waals surface area contributed by atoms with Gasteiger partial charge in [-0.05, 0) is 11.4 Å². The molecule has 0 amide bonds. The van der Waals surface area contributed by atoms with Crippen molar-refractivity contribution < 1.29 is 0 Å². The molecule has 0 spiro atoms. The van der Waals surface area contributed by atoms with Gasteiger partial charge in [0.2, 0.25) is 5.13 Å². The first kappa shape index (κ1) is 10.5. The third kappa shape index (κ3) is 2.37. The molecule has 0 bridgehead atoms. The van der Waals surface area contributed by atoms with Crippen LogP contribution in [0.2, 0.25) is 0 Å². The van der Waals surface area contributed by atoms with E-state index in [-0.39, 0.29) is 0 Å². The van der Waals surface area contributed by atoms with Crippen molar-refractivity contribution in [3.63, 3.8) is 0 Å². The van der Waals surface area contributed by atoms with Crippen LogP contribution in [0.5, 0.6) is 0 Å². The van der Waals surface area contributed by atoms with Crippen molar-refractivity contribution in [2.24, 2.45) is 0 Å². The highest BCUT2D eigenvalue weighted by Crippen LogP contribution is 2.15. The van der Waals surface area contributed by atoms with Crippen LogP contribution >= 0.6 is 22.7 Å². The van der Waals surface area contributed by atoms with Gasteiger partial charge in [-0.25, -0.2) is 9.67 Å². The summed E-state index contributed by atoms with van der Waals surface area (Å²) in [7, 11) is 0. The molecule has 86 valence electrons. The van der Waals surface area contributed by atoms with Crippen LogP contribution in [0.3, 0.4) is 0 Å². The monoisotopic (exact) mass is 262 g/mol. The summed E-state index contributed by atoms with van der Waals surface area (Å²) in [4.78, 5) is 5.52. The number of hydrogen-bond donors (Lipinski definition) is 1. The van der Waals surface area contributed by atoms with E-state index < -0.39 is 0 Å². The summed E-state index contributed by atoms with van der Waals surface area (Å²) >= 11 is 3.32. The molecule has 0 aliphatic heterocycles. The van der Waals surface area contributed by atoms with Gasteiger partial charge in [0, 0.05) is 23.0 Å². The molecule has 4 nitrogen and oxygen atoms in total. The van der Waals surface area contributed by atoms with Gasteiger partial charge in [-0.15, -0.1) is 22.7 Å². The van der Waals surface area contributed by atoms with E-state index in [0.29, 0.717) is 0 Å². The molecular formula is C11H10N4S2. The second-order valence-corrected chi connectivity index (χ2v) is 5.33. The second-order valence-electron chi connectivity index (χ2n) is 3.42. The van der Waals surface area contributed by atoms with Crippen LogP contribution in [0.25, 0.3) is 5.13 Å². The van der Waals surface area contributed by atoms with E-state index in [0.717, 1.165) is 17.4 Å². The number of hydrogen-bond acceptors (Lipinski definition) is 5. The fourth-order valence-electron chi connectivity index (χ4n) is 1.45. The number of nitrogens with zero attached hydrogens (tertiary/aromatic N) is 3. The van der Waals surface area contributed by atoms with E-state index in [1.165, 1.54) is 4.88 Å². The summed E-state index contributed by atoms with van der Waals surface area (Å²) < 4.78 is 1.78. The van der Waals surface area contributed by atoms with Crippen LogP contribution in [0.15, 0.2) is 41.5 Å². The molecule has 3 aromatic heterocycles. The summed E-state index contributed by atoms with van der Waals surface area (Å²) in [5.41, 5.74) is 1.01. The van der Waals surface area contributed by atoms with Crippen LogP contribution in [0.1, 0.15) is 4.88 Å². The first-order valence-electron chi connectivity index (χ1n) is 5.12. The van der Waals surface area contributed by atoms with Gasteiger partial charge in [-0.3, -0.25) is 0 Å². The molecule has 6 heteroatoms. The van der Waals surface area contributed by atoms with Gasteiger partial charge in [0.05, 0.1) is 18.1 Å². The first-order valence-corrected chi connectivity index (χ1v) is 6.88. The Hall–Kier alpha value is -1.66. The predicted octanol–water partition coefficient (Wildman–Crippen LogP) is 3.00. The number of nitrogens with one attached hydrogen (secondary N) is 1. The number of anilines is 1. The molecule has 0 atom stereocenters. The number of aromatic nitrogens is 3. The Bertz CT molecular complexity index is 568. The molecule has 0 fully saturated rings. The zero-order valence-corrected chi connectivity index (χ0v) is 10.5. The highest BCUT2D eigenvalue weighted by atomic mass is 32.1. The minimum atomic E-state index is 0.835. The summed E-state index contributed by atoms with van der Waals surface area (Å²) in [6, 6.07) is 4.17. The van der Waals surface area contributed by atoms with Crippen LogP contribution in [-0.2, 0) is 6.54 Å². The maximum absolute atomic E-state index is 4.26. The van der Waals surface area contributed by atoms with E-state index in [1.807, 2.05) is 17.8 Å². The number of thiophene rings is 1. The van der Waals surface area contributed by atoms with E-state index in [2.05, 4.69) is 32.9 Å². The minimum Gasteiger partial charge on any atom is -0.378 e. The summed E-state index contributed by atoms with van der Waals surface area (Å²) in [6.07, 6.45) is 5.54. The van der Waals surface area contributed by atoms with Crippen molar-refractivity contribution in [3.8, 4) is 5.13 Å². The topological polar surface area (TPSA) is 42.7 Å². The smallest absolute Gasteiger partial charge is 0.210 e. The predicted molar refractivity (Wildman–Crippen MR) is 70.9 cm³/mol. The quantitative estimate of drug-likeness (QED) is 0.786. The minimum absolute atomic E-state index is 0.835. The first-order chi connectivity index (χ1) is 8.42. The van der Waals surface area contributed by atoms with Gasteiger partial charge >= 0.3 is 0 Å². The summed E-state index contributed by atoms with van der Waals surface area (Å²) in [6.45, 7) is 0.835. The van der Waals surface area contributed by atoms with E-state index in [9.17, 15) is 0 Å². The van der Waals surface area contributed by atoms with Crippen LogP contribution in [0, 0.1) is 0 Å².